The molecule has 0 radical (unpaired) electrons. The minimum absolute atomic E-state index is 0.302. The van der Waals surface area contributed by atoms with Crippen molar-refractivity contribution in [2.45, 2.75) is 45.1 Å². The highest BCUT2D eigenvalue weighted by molar-refractivity contribution is 6.33. The lowest BCUT2D eigenvalue weighted by molar-refractivity contribution is 0.195. The first-order valence-corrected chi connectivity index (χ1v) is 7.51. The minimum atomic E-state index is 0.302. The van der Waals surface area contributed by atoms with Gasteiger partial charge in [0.25, 0.3) is 0 Å². The highest BCUT2D eigenvalue weighted by atomic mass is 35.5. The van der Waals surface area contributed by atoms with Gasteiger partial charge in [0.05, 0.1) is 0 Å². The van der Waals surface area contributed by atoms with Crippen LogP contribution in [-0.4, -0.2) is 7.05 Å². The van der Waals surface area contributed by atoms with Crippen LogP contribution in [0.15, 0.2) is 18.2 Å². The molecule has 18 heavy (non-hydrogen) atoms. The fourth-order valence-electron chi connectivity index (χ4n) is 3.45. The Bertz CT molecular complexity index is 411. The predicted molar refractivity (Wildman–Crippen MR) is 79.5 cm³/mol. The molecule has 0 amide bonds. The Labute approximate surface area is 120 Å². The summed E-state index contributed by atoms with van der Waals surface area (Å²) in [6, 6.07) is 6.08. The molecule has 0 bridgehead atoms. The van der Waals surface area contributed by atoms with Gasteiger partial charge in [-0.25, -0.2) is 0 Å². The van der Waals surface area contributed by atoms with Gasteiger partial charge in [-0.3, -0.25) is 0 Å². The standard InChI is InChI=1S/C15H21Cl2N/c1-3-15(8-4-5-9-15)14(18-2)12-10-11(16)6-7-13(12)17/h6-7,10,14,18H,3-5,8-9H2,1-2H3. The van der Waals surface area contributed by atoms with E-state index in [-0.39, 0.29) is 0 Å². The Morgan fingerprint density at radius 1 is 1.28 bits per heavy atom. The lowest BCUT2D eigenvalue weighted by Gasteiger charge is -2.37. The molecule has 1 aromatic rings. The van der Waals surface area contributed by atoms with E-state index in [1.54, 1.807) is 0 Å². The second-order valence-electron chi connectivity index (χ2n) is 5.31. The number of hydrogen-bond acceptors (Lipinski definition) is 1. The van der Waals surface area contributed by atoms with Crippen molar-refractivity contribution in [1.29, 1.82) is 0 Å². The number of nitrogens with one attached hydrogen (secondary N) is 1. The van der Waals surface area contributed by atoms with Crippen LogP contribution in [0.3, 0.4) is 0 Å². The van der Waals surface area contributed by atoms with Crippen molar-refractivity contribution in [1.82, 2.24) is 5.32 Å². The highest BCUT2D eigenvalue weighted by Gasteiger charge is 2.40. The number of benzene rings is 1. The van der Waals surface area contributed by atoms with Gasteiger partial charge in [0.2, 0.25) is 0 Å². The smallest absolute Gasteiger partial charge is 0.0455 e. The van der Waals surface area contributed by atoms with Crippen LogP contribution in [0, 0.1) is 5.41 Å². The molecule has 1 fully saturated rings. The Morgan fingerprint density at radius 3 is 2.50 bits per heavy atom. The molecule has 1 unspecified atom stereocenters. The van der Waals surface area contributed by atoms with Gasteiger partial charge < -0.3 is 5.32 Å². The van der Waals surface area contributed by atoms with E-state index < -0.39 is 0 Å². The fourth-order valence-corrected chi connectivity index (χ4v) is 3.86. The molecule has 1 aliphatic carbocycles. The molecule has 1 nitrogen and oxygen atoms in total. The molecule has 0 aliphatic heterocycles. The third-order valence-electron chi connectivity index (χ3n) is 4.47. The van der Waals surface area contributed by atoms with Crippen LogP contribution >= 0.6 is 23.2 Å². The SMILES string of the molecule is CCC1(C(NC)c2cc(Cl)ccc2Cl)CCCC1. The summed E-state index contributed by atoms with van der Waals surface area (Å²) in [5.74, 6) is 0. The molecule has 1 saturated carbocycles. The molecule has 0 spiro atoms. The summed E-state index contributed by atoms with van der Waals surface area (Å²) >= 11 is 12.5. The number of hydrogen-bond donors (Lipinski definition) is 1. The molecule has 0 heterocycles. The Morgan fingerprint density at radius 2 is 1.94 bits per heavy atom. The summed E-state index contributed by atoms with van der Waals surface area (Å²) in [7, 11) is 2.03. The maximum atomic E-state index is 6.37. The maximum Gasteiger partial charge on any atom is 0.0455 e. The second kappa shape index (κ2) is 5.81. The van der Waals surface area contributed by atoms with Gasteiger partial charge in [-0.1, -0.05) is 43.0 Å². The zero-order chi connectivity index (χ0) is 13.2. The van der Waals surface area contributed by atoms with Crippen molar-refractivity contribution in [2.24, 2.45) is 5.41 Å². The summed E-state index contributed by atoms with van der Waals surface area (Å²) in [5.41, 5.74) is 1.48. The third-order valence-corrected chi connectivity index (χ3v) is 5.05. The van der Waals surface area contributed by atoms with Crippen LogP contribution in [0.1, 0.15) is 50.6 Å². The third kappa shape index (κ3) is 2.54. The molecule has 0 saturated heterocycles. The molecule has 1 N–H and O–H groups in total. The van der Waals surface area contributed by atoms with Crippen molar-refractivity contribution < 1.29 is 0 Å². The lowest BCUT2D eigenvalue weighted by atomic mass is 9.73. The predicted octanol–water partition coefficient (Wildman–Crippen LogP) is 5.22. The molecule has 1 atom stereocenters. The monoisotopic (exact) mass is 285 g/mol. The van der Waals surface area contributed by atoms with Crippen LogP contribution < -0.4 is 5.32 Å². The first-order chi connectivity index (χ1) is 8.63. The largest absolute Gasteiger partial charge is 0.312 e. The second-order valence-corrected chi connectivity index (χ2v) is 6.15. The van der Waals surface area contributed by atoms with Crippen molar-refractivity contribution in [2.75, 3.05) is 7.05 Å². The zero-order valence-electron chi connectivity index (χ0n) is 11.1. The van der Waals surface area contributed by atoms with Gasteiger partial charge in [0.1, 0.15) is 0 Å². The Balaban J connectivity index is 2.40. The van der Waals surface area contributed by atoms with Crippen LogP contribution in [0.2, 0.25) is 10.0 Å². The van der Waals surface area contributed by atoms with Gasteiger partial charge >= 0.3 is 0 Å². The van der Waals surface area contributed by atoms with Crippen LogP contribution in [0.4, 0.5) is 0 Å². The average Bonchev–Trinajstić information content (AvgIpc) is 2.84. The number of halogens is 2. The Hall–Kier alpha value is -0.240. The topological polar surface area (TPSA) is 12.0 Å². The molecule has 0 aromatic heterocycles. The first-order valence-electron chi connectivity index (χ1n) is 6.75. The van der Waals surface area contributed by atoms with Gasteiger partial charge in [-0.05, 0) is 55.5 Å². The van der Waals surface area contributed by atoms with E-state index in [1.165, 1.54) is 32.1 Å². The maximum absolute atomic E-state index is 6.37. The quantitative estimate of drug-likeness (QED) is 0.799. The van der Waals surface area contributed by atoms with Gasteiger partial charge in [-0.15, -0.1) is 0 Å². The first kappa shape index (κ1) is 14.2. The molecule has 3 heteroatoms. The normalized spacial score (nSPS) is 20.0. The lowest BCUT2D eigenvalue weighted by Crippen LogP contribution is -2.34. The van der Waals surface area contributed by atoms with E-state index in [4.69, 9.17) is 23.2 Å². The molecular weight excluding hydrogens is 265 g/mol. The summed E-state index contributed by atoms with van der Waals surface area (Å²) in [6.45, 7) is 2.29. The number of rotatable bonds is 4. The van der Waals surface area contributed by atoms with E-state index in [0.29, 0.717) is 11.5 Å². The van der Waals surface area contributed by atoms with E-state index >= 15 is 0 Å². The van der Waals surface area contributed by atoms with Crippen molar-refractivity contribution in [3.05, 3.63) is 33.8 Å². The molecule has 2 rings (SSSR count). The van der Waals surface area contributed by atoms with Crippen LogP contribution in [-0.2, 0) is 0 Å². The molecular formula is C15H21Cl2N. The summed E-state index contributed by atoms with van der Waals surface area (Å²) in [6.07, 6.45) is 6.38. The summed E-state index contributed by atoms with van der Waals surface area (Å²) in [4.78, 5) is 0. The van der Waals surface area contributed by atoms with E-state index in [2.05, 4.69) is 12.2 Å². The van der Waals surface area contributed by atoms with E-state index in [9.17, 15) is 0 Å². The molecule has 1 aliphatic rings. The van der Waals surface area contributed by atoms with Gasteiger partial charge in [0.15, 0.2) is 0 Å². The van der Waals surface area contributed by atoms with Gasteiger partial charge in [-0.2, -0.15) is 0 Å². The van der Waals surface area contributed by atoms with Crippen molar-refractivity contribution in [3.8, 4) is 0 Å². The van der Waals surface area contributed by atoms with Crippen molar-refractivity contribution >= 4 is 23.2 Å². The van der Waals surface area contributed by atoms with E-state index in [0.717, 1.165) is 15.6 Å². The summed E-state index contributed by atoms with van der Waals surface area (Å²) < 4.78 is 0. The molecule has 100 valence electrons. The highest BCUT2D eigenvalue weighted by Crippen LogP contribution is 2.51. The van der Waals surface area contributed by atoms with Crippen LogP contribution in [0.25, 0.3) is 0 Å². The molecule has 1 aromatic carbocycles. The summed E-state index contributed by atoms with van der Waals surface area (Å²) in [5, 5.41) is 5.06. The van der Waals surface area contributed by atoms with Gasteiger partial charge in [0, 0.05) is 16.1 Å². The minimum Gasteiger partial charge on any atom is -0.312 e. The van der Waals surface area contributed by atoms with Crippen LogP contribution in [0.5, 0.6) is 0 Å². The van der Waals surface area contributed by atoms with Crippen molar-refractivity contribution in [3.63, 3.8) is 0 Å². The zero-order valence-corrected chi connectivity index (χ0v) is 12.6. The fraction of sp³-hybridized carbons (Fsp3) is 0.600. The van der Waals surface area contributed by atoms with E-state index in [1.807, 2.05) is 25.2 Å². The Kier molecular flexibility index (Phi) is 4.58. The average molecular weight is 286 g/mol.